The summed E-state index contributed by atoms with van der Waals surface area (Å²) in [6.45, 7) is 5.72. The third-order valence-electron chi connectivity index (χ3n) is 3.36. The minimum Gasteiger partial charge on any atom is -0.491 e. The van der Waals surface area contributed by atoms with Crippen LogP contribution in [0.1, 0.15) is 31.0 Å². The number of rotatable bonds is 8. The number of anilines is 2. The first kappa shape index (κ1) is 15.2. The van der Waals surface area contributed by atoms with Crippen LogP contribution in [0.4, 0.5) is 11.4 Å². The van der Waals surface area contributed by atoms with E-state index in [-0.39, 0.29) is 0 Å². The van der Waals surface area contributed by atoms with Crippen molar-refractivity contribution in [3.05, 3.63) is 35.7 Å². The molecule has 0 amide bonds. The van der Waals surface area contributed by atoms with E-state index in [2.05, 4.69) is 22.4 Å². The Morgan fingerprint density at radius 2 is 2.24 bits per heavy atom. The summed E-state index contributed by atoms with van der Waals surface area (Å²) >= 11 is 0. The van der Waals surface area contributed by atoms with Gasteiger partial charge in [-0.2, -0.15) is 5.10 Å². The molecule has 0 fully saturated rings. The van der Waals surface area contributed by atoms with E-state index in [0.29, 0.717) is 12.3 Å². The van der Waals surface area contributed by atoms with Crippen molar-refractivity contribution in [2.75, 3.05) is 24.2 Å². The minimum absolute atomic E-state index is 0.683. The maximum atomic E-state index is 5.90. The number of H-pyrrole nitrogens is 1. The SMILES string of the molecule is CCCOc1cc(NCCCc2cn[nH]c2C)ccc1N. The second kappa shape index (κ2) is 7.57. The van der Waals surface area contributed by atoms with E-state index in [1.54, 1.807) is 0 Å². The normalized spacial score (nSPS) is 10.6. The Bertz CT molecular complexity index is 565. The first-order valence-corrected chi connectivity index (χ1v) is 7.45. The lowest BCUT2D eigenvalue weighted by Crippen LogP contribution is -2.05. The summed E-state index contributed by atoms with van der Waals surface area (Å²) in [4.78, 5) is 0. The van der Waals surface area contributed by atoms with Gasteiger partial charge < -0.3 is 15.8 Å². The molecule has 1 heterocycles. The molecule has 5 heteroatoms. The molecule has 0 radical (unpaired) electrons. The Kier molecular flexibility index (Phi) is 5.49. The molecule has 1 aromatic heterocycles. The second-order valence-electron chi connectivity index (χ2n) is 5.15. The molecule has 0 unspecified atom stereocenters. The van der Waals surface area contributed by atoms with Crippen molar-refractivity contribution in [1.29, 1.82) is 0 Å². The lowest BCUT2D eigenvalue weighted by atomic mass is 10.1. The van der Waals surface area contributed by atoms with Crippen LogP contribution < -0.4 is 15.8 Å². The van der Waals surface area contributed by atoms with E-state index in [1.807, 2.05) is 31.3 Å². The maximum Gasteiger partial charge on any atom is 0.144 e. The van der Waals surface area contributed by atoms with Crippen molar-refractivity contribution < 1.29 is 4.74 Å². The van der Waals surface area contributed by atoms with Gasteiger partial charge in [0.05, 0.1) is 18.5 Å². The molecular formula is C16H24N4O. The molecule has 1 aromatic carbocycles. The number of nitrogens with one attached hydrogen (secondary N) is 2. The van der Waals surface area contributed by atoms with Crippen LogP contribution in [0.5, 0.6) is 5.75 Å². The first-order chi connectivity index (χ1) is 10.2. The molecule has 2 rings (SSSR count). The van der Waals surface area contributed by atoms with Crippen LogP contribution in [0.15, 0.2) is 24.4 Å². The number of nitrogens with zero attached hydrogens (tertiary/aromatic N) is 1. The average Bonchev–Trinajstić information content (AvgIpc) is 2.89. The lowest BCUT2D eigenvalue weighted by molar-refractivity contribution is 0.319. The third-order valence-corrected chi connectivity index (χ3v) is 3.36. The maximum absolute atomic E-state index is 5.90. The zero-order chi connectivity index (χ0) is 15.1. The van der Waals surface area contributed by atoms with Gasteiger partial charge in [-0.15, -0.1) is 0 Å². The molecule has 2 aromatic rings. The highest BCUT2D eigenvalue weighted by Crippen LogP contribution is 2.25. The van der Waals surface area contributed by atoms with Gasteiger partial charge in [-0.1, -0.05) is 6.92 Å². The predicted octanol–water partition coefficient (Wildman–Crippen LogP) is 3.13. The summed E-state index contributed by atoms with van der Waals surface area (Å²) in [5.41, 5.74) is 10.1. The highest BCUT2D eigenvalue weighted by molar-refractivity contribution is 5.61. The number of nitrogen functional groups attached to an aromatic ring is 1. The van der Waals surface area contributed by atoms with Crippen LogP contribution in [0.25, 0.3) is 0 Å². The van der Waals surface area contributed by atoms with Crippen LogP contribution in [-0.2, 0) is 6.42 Å². The molecule has 0 spiro atoms. The van der Waals surface area contributed by atoms with Crippen molar-refractivity contribution >= 4 is 11.4 Å². The van der Waals surface area contributed by atoms with E-state index in [0.717, 1.165) is 42.9 Å². The van der Waals surface area contributed by atoms with Crippen molar-refractivity contribution in [3.8, 4) is 5.75 Å². The van der Waals surface area contributed by atoms with Gasteiger partial charge in [0, 0.05) is 24.0 Å². The number of aromatic nitrogens is 2. The Labute approximate surface area is 125 Å². The summed E-state index contributed by atoms with van der Waals surface area (Å²) in [6, 6.07) is 5.83. The zero-order valence-electron chi connectivity index (χ0n) is 12.8. The average molecular weight is 288 g/mol. The van der Waals surface area contributed by atoms with Gasteiger partial charge in [-0.25, -0.2) is 0 Å². The van der Waals surface area contributed by atoms with Gasteiger partial charge in [-0.05, 0) is 43.9 Å². The number of ether oxygens (including phenoxy) is 1. The van der Waals surface area contributed by atoms with Crippen LogP contribution in [0, 0.1) is 6.92 Å². The predicted molar refractivity (Wildman–Crippen MR) is 86.8 cm³/mol. The Hall–Kier alpha value is -2.17. The van der Waals surface area contributed by atoms with Gasteiger partial charge in [0.2, 0.25) is 0 Å². The summed E-state index contributed by atoms with van der Waals surface area (Å²) in [5, 5.41) is 10.4. The number of nitrogens with two attached hydrogens (primary N) is 1. The molecule has 0 atom stereocenters. The molecule has 114 valence electrons. The Morgan fingerprint density at radius 1 is 1.38 bits per heavy atom. The van der Waals surface area contributed by atoms with Gasteiger partial charge in [-0.3, -0.25) is 5.10 Å². The summed E-state index contributed by atoms with van der Waals surface area (Å²) < 4.78 is 5.63. The van der Waals surface area contributed by atoms with Crippen LogP contribution in [0.3, 0.4) is 0 Å². The smallest absolute Gasteiger partial charge is 0.144 e. The van der Waals surface area contributed by atoms with Gasteiger partial charge in [0.1, 0.15) is 5.75 Å². The molecule has 0 saturated heterocycles. The van der Waals surface area contributed by atoms with E-state index in [4.69, 9.17) is 10.5 Å². The number of hydrogen-bond acceptors (Lipinski definition) is 4. The molecule has 4 N–H and O–H groups in total. The van der Waals surface area contributed by atoms with E-state index < -0.39 is 0 Å². The molecule has 21 heavy (non-hydrogen) atoms. The van der Waals surface area contributed by atoms with Gasteiger partial charge >= 0.3 is 0 Å². The topological polar surface area (TPSA) is 76.0 Å². The number of aromatic amines is 1. The number of aryl methyl sites for hydroxylation is 2. The van der Waals surface area contributed by atoms with Gasteiger partial charge in [0.25, 0.3) is 0 Å². The molecule has 0 aliphatic carbocycles. The Balaban J connectivity index is 1.81. The number of hydrogen-bond donors (Lipinski definition) is 3. The second-order valence-corrected chi connectivity index (χ2v) is 5.15. The van der Waals surface area contributed by atoms with E-state index in [1.165, 1.54) is 5.56 Å². The molecule has 5 nitrogen and oxygen atoms in total. The molecule has 0 aliphatic heterocycles. The lowest BCUT2D eigenvalue weighted by Gasteiger charge is -2.11. The highest BCUT2D eigenvalue weighted by atomic mass is 16.5. The quantitative estimate of drug-likeness (QED) is 0.515. The van der Waals surface area contributed by atoms with Crippen molar-refractivity contribution in [1.82, 2.24) is 10.2 Å². The zero-order valence-corrected chi connectivity index (χ0v) is 12.8. The number of benzene rings is 1. The van der Waals surface area contributed by atoms with Crippen LogP contribution in [0.2, 0.25) is 0 Å². The largest absolute Gasteiger partial charge is 0.491 e. The fourth-order valence-corrected chi connectivity index (χ4v) is 2.12. The summed E-state index contributed by atoms with van der Waals surface area (Å²) in [5.74, 6) is 0.757. The fourth-order valence-electron chi connectivity index (χ4n) is 2.12. The molecular weight excluding hydrogens is 264 g/mol. The first-order valence-electron chi connectivity index (χ1n) is 7.45. The summed E-state index contributed by atoms with van der Waals surface area (Å²) in [6.07, 6.45) is 4.94. The Morgan fingerprint density at radius 3 is 2.95 bits per heavy atom. The standard InChI is InChI=1S/C16H24N4O/c1-3-9-21-16-10-14(6-7-15(16)17)18-8-4-5-13-11-19-20-12(13)2/h6-7,10-11,18H,3-5,8-9,17H2,1-2H3,(H,19,20). The van der Waals surface area contributed by atoms with Gasteiger partial charge in [0.15, 0.2) is 0 Å². The van der Waals surface area contributed by atoms with E-state index >= 15 is 0 Å². The van der Waals surface area contributed by atoms with E-state index in [9.17, 15) is 0 Å². The minimum atomic E-state index is 0.683. The molecule has 0 saturated carbocycles. The van der Waals surface area contributed by atoms with Crippen LogP contribution >= 0.6 is 0 Å². The monoisotopic (exact) mass is 288 g/mol. The van der Waals surface area contributed by atoms with Crippen molar-refractivity contribution in [2.24, 2.45) is 0 Å². The van der Waals surface area contributed by atoms with Crippen molar-refractivity contribution in [3.63, 3.8) is 0 Å². The third kappa shape index (κ3) is 4.41. The molecule has 0 aliphatic rings. The fraction of sp³-hybridized carbons (Fsp3) is 0.438. The van der Waals surface area contributed by atoms with Crippen molar-refractivity contribution in [2.45, 2.75) is 33.1 Å². The highest BCUT2D eigenvalue weighted by Gasteiger charge is 2.03. The molecule has 0 bridgehead atoms. The summed E-state index contributed by atoms with van der Waals surface area (Å²) in [7, 11) is 0. The van der Waals surface area contributed by atoms with Crippen LogP contribution in [-0.4, -0.2) is 23.3 Å².